The maximum atomic E-state index is 5.93. The molecular weight excluding hydrogens is 316 g/mol. The second kappa shape index (κ2) is 6.29. The van der Waals surface area contributed by atoms with Gasteiger partial charge in [0.25, 0.3) is 0 Å². The van der Waals surface area contributed by atoms with E-state index < -0.39 is 0 Å². The summed E-state index contributed by atoms with van der Waals surface area (Å²) in [5.74, 6) is 0.848. The van der Waals surface area contributed by atoms with Gasteiger partial charge < -0.3 is 15.4 Å². The Balaban J connectivity index is 2.33. The van der Waals surface area contributed by atoms with Crippen LogP contribution in [0.5, 0.6) is 5.75 Å². The molecule has 0 radical (unpaired) electrons. The smallest absolute Gasteiger partial charge is 0.120 e. The molecule has 0 saturated carbocycles. The highest BCUT2D eigenvalue weighted by atomic mass is 79.9. The summed E-state index contributed by atoms with van der Waals surface area (Å²) in [4.78, 5) is 2.11. The quantitative estimate of drug-likeness (QED) is 0.908. The summed E-state index contributed by atoms with van der Waals surface area (Å²) in [6.07, 6.45) is 0. The fourth-order valence-corrected chi connectivity index (χ4v) is 2.79. The van der Waals surface area contributed by atoms with Crippen molar-refractivity contribution in [1.29, 1.82) is 0 Å². The summed E-state index contributed by atoms with van der Waals surface area (Å²) in [6, 6.07) is 14.2. The van der Waals surface area contributed by atoms with Crippen LogP contribution in [0.2, 0.25) is 0 Å². The van der Waals surface area contributed by atoms with Gasteiger partial charge in [-0.05, 0) is 36.8 Å². The molecule has 0 spiro atoms. The van der Waals surface area contributed by atoms with Crippen molar-refractivity contribution in [2.45, 2.75) is 13.0 Å². The molecule has 106 valence electrons. The van der Waals surface area contributed by atoms with Gasteiger partial charge >= 0.3 is 0 Å². The topological polar surface area (TPSA) is 38.5 Å². The van der Waals surface area contributed by atoms with Gasteiger partial charge in [-0.3, -0.25) is 0 Å². The third-order valence-corrected chi connectivity index (χ3v) is 3.99. The summed E-state index contributed by atoms with van der Waals surface area (Å²) >= 11 is 3.59. The molecule has 0 aliphatic rings. The number of rotatable bonds is 4. The molecule has 2 aromatic rings. The second-order valence-electron chi connectivity index (χ2n) is 4.75. The monoisotopic (exact) mass is 334 g/mol. The minimum absolute atomic E-state index is 0.0144. The molecule has 1 atom stereocenters. The van der Waals surface area contributed by atoms with E-state index in [1.807, 2.05) is 32.2 Å². The first-order chi connectivity index (χ1) is 9.52. The van der Waals surface area contributed by atoms with Crippen LogP contribution in [0, 0.1) is 0 Å². The SMILES string of the molecule is COc1cccc(N(C)c2ccc([C@H](C)N)c(Br)c2)c1. The van der Waals surface area contributed by atoms with E-state index in [-0.39, 0.29) is 6.04 Å². The van der Waals surface area contributed by atoms with E-state index >= 15 is 0 Å². The van der Waals surface area contributed by atoms with Crippen molar-refractivity contribution in [3.63, 3.8) is 0 Å². The molecule has 0 heterocycles. The number of methoxy groups -OCH3 is 1. The Kier molecular flexibility index (Phi) is 4.68. The molecule has 2 N–H and O–H groups in total. The summed E-state index contributed by atoms with van der Waals surface area (Å²) in [6.45, 7) is 1.98. The minimum atomic E-state index is 0.0144. The predicted octanol–water partition coefficient (Wildman–Crippen LogP) is 4.25. The summed E-state index contributed by atoms with van der Waals surface area (Å²) < 4.78 is 6.29. The van der Waals surface area contributed by atoms with Gasteiger partial charge in [-0.1, -0.05) is 28.1 Å². The molecular formula is C16H19BrN2O. The van der Waals surface area contributed by atoms with E-state index in [1.165, 1.54) is 0 Å². The van der Waals surface area contributed by atoms with E-state index in [0.29, 0.717) is 0 Å². The van der Waals surface area contributed by atoms with Crippen LogP contribution < -0.4 is 15.4 Å². The lowest BCUT2D eigenvalue weighted by molar-refractivity contribution is 0.415. The Labute approximate surface area is 128 Å². The minimum Gasteiger partial charge on any atom is -0.497 e. The molecule has 4 heteroatoms. The molecule has 0 aliphatic heterocycles. The highest BCUT2D eigenvalue weighted by molar-refractivity contribution is 9.10. The zero-order chi connectivity index (χ0) is 14.7. The van der Waals surface area contributed by atoms with Gasteiger partial charge in [-0.25, -0.2) is 0 Å². The highest BCUT2D eigenvalue weighted by Gasteiger charge is 2.09. The van der Waals surface area contributed by atoms with Gasteiger partial charge in [0.15, 0.2) is 0 Å². The maximum absolute atomic E-state index is 5.93. The van der Waals surface area contributed by atoms with Crippen molar-refractivity contribution >= 4 is 27.3 Å². The van der Waals surface area contributed by atoms with E-state index in [4.69, 9.17) is 10.5 Å². The molecule has 0 amide bonds. The van der Waals surface area contributed by atoms with Crippen molar-refractivity contribution in [3.8, 4) is 5.75 Å². The normalized spacial score (nSPS) is 12.1. The van der Waals surface area contributed by atoms with Crippen molar-refractivity contribution in [2.24, 2.45) is 5.73 Å². The van der Waals surface area contributed by atoms with Crippen molar-refractivity contribution in [1.82, 2.24) is 0 Å². The van der Waals surface area contributed by atoms with Crippen LogP contribution in [-0.2, 0) is 0 Å². The maximum Gasteiger partial charge on any atom is 0.120 e. The molecule has 0 unspecified atom stereocenters. The lowest BCUT2D eigenvalue weighted by Crippen LogP contribution is -2.11. The number of hydrogen-bond acceptors (Lipinski definition) is 3. The fourth-order valence-electron chi connectivity index (χ4n) is 2.06. The zero-order valence-electron chi connectivity index (χ0n) is 11.9. The standard InChI is InChI=1S/C16H19BrN2O/c1-11(18)15-8-7-13(10-16(15)17)19(2)12-5-4-6-14(9-12)20-3/h4-11H,18H2,1-3H3/t11-/m0/s1. The number of benzene rings is 2. The van der Waals surface area contributed by atoms with Crippen LogP contribution in [0.3, 0.4) is 0 Å². The number of ether oxygens (including phenoxy) is 1. The summed E-state index contributed by atoms with van der Waals surface area (Å²) in [5, 5.41) is 0. The second-order valence-corrected chi connectivity index (χ2v) is 5.61. The van der Waals surface area contributed by atoms with Crippen LogP contribution in [0.25, 0.3) is 0 Å². The Morgan fingerprint density at radius 1 is 1.15 bits per heavy atom. The van der Waals surface area contributed by atoms with Crippen molar-refractivity contribution in [3.05, 3.63) is 52.5 Å². The molecule has 20 heavy (non-hydrogen) atoms. The van der Waals surface area contributed by atoms with Crippen LogP contribution in [-0.4, -0.2) is 14.2 Å². The largest absolute Gasteiger partial charge is 0.497 e. The zero-order valence-corrected chi connectivity index (χ0v) is 13.5. The first kappa shape index (κ1) is 14.9. The average molecular weight is 335 g/mol. The van der Waals surface area contributed by atoms with Crippen LogP contribution in [0.4, 0.5) is 11.4 Å². The first-order valence-electron chi connectivity index (χ1n) is 6.45. The van der Waals surface area contributed by atoms with Gasteiger partial charge in [0, 0.05) is 35.0 Å². The summed E-state index contributed by atoms with van der Waals surface area (Å²) in [5.41, 5.74) is 9.20. The van der Waals surface area contributed by atoms with E-state index in [1.54, 1.807) is 7.11 Å². The molecule has 0 aliphatic carbocycles. The third kappa shape index (κ3) is 3.14. The molecule has 3 nitrogen and oxygen atoms in total. The van der Waals surface area contributed by atoms with Crippen LogP contribution in [0.15, 0.2) is 46.9 Å². The van der Waals surface area contributed by atoms with Crippen LogP contribution >= 0.6 is 15.9 Å². The molecule has 2 rings (SSSR count). The number of halogens is 1. The first-order valence-corrected chi connectivity index (χ1v) is 7.25. The van der Waals surface area contributed by atoms with E-state index in [0.717, 1.165) is 27.2 Å². The van der Waals surface area contributed by atoms with Gasteiger partial charge in [-0.15, -0.1) is 0 Å². The third-order valence-electron chi connectivity index (χ3n) is 3.30. The number of nitrogens with two attached hydrogens (primary N) is 1. The Bertz CT molecular complexity index is 599. The Morgan fingerprint density at radius 2 is 1.85 bits per heavy atom. The summed E-state index contributed by atoms with van der Waals surface area (Å²) in [7, 11) is 3.70. The lowest BCUT2D eigenvalue weighted by atomic mass is 10.1. The van der Waals surface area contributed by atoms with Gasteiger partial charge in [0.05, 0.1) is 7.11 Å². The Morgan fingerprint density at radius 3 is 2.45 bits per heavy atom. The molecule has 2 aromatic carbocycles. The molecule has 0 bridgehead atoms. The van der Waals surface area contributed by atoms with Gasteiger partial charge in [0.2, 0.25) is 0 Å². The lowest BCUT2D eigenvalue weighted by Gasteiger charge is -2.21. The number of hydrogen-bond donors (Lipinski definition) is 1. The predicted molar refractivity (Wildman–Crippen MR) is 87.8 cm³/mol. The fraction of sp³-hybridized carbons (Fsp3) is 0.250. The van der Waals surface area contributed by atoms with E-state index in [9.17, 15) is 0 Å². The van der Waals surface area contributed by atoms with E-state index in [2.05, 4.69) is 45.1 Å². The molecule has 0 fully saturated rings. The average Bonchev–Trinajstić information content (AvgIpc) is 2.46. The van der Waals surface area contributed by atoms with Crippen LogP contribution in [0.1, 0.15) is 18.5 Å². The van der Waals surface area contributed by atoms with Gasteiger partial charge in [-0.2, -0.15) is 0 Å². The van der Waals surface area contributed by atoms with Gasteiger partial charge in [0.1, 0.15) is 5.75 Å². The highest BCUT2D eigenvalue weighted by Crippen LogP contribution is 2.31. The van der Waals surface area contributed by atoms with Crippen molar-refractivity contribution in [2.75, 3.05) is 19.1 Å². The van der Waals surface area contributed by atoms with Crippen molar-refractivity contribution < 1.29 is 4.74 Å². The number of nitrogens with zero attached hydrogens (tertiary/aromatic N) is 1. The Hall–Kier alpha value is -1.52. The molecule has 0 aromatic heterocycles. The number of anilines is 2. The molecule has 0 saturated heterocycles.